The summed E-state index contributed by atoms with van der Waals surface area (Å²) in [5.74, 6) is -2.31. The van der Waals surface area contributed by atoms with E-state index in [1.165, 1.54) is 38.1 Å². The highest BCUT2D eigenvalue weighted by Crippen LogP contribution is 2.72. The molecule has 2 N–H and O–H groups in total. The van der Waals surface area contributed by atoms with Crippen LogP contribution in [-0.4, -0.2) is 42.9 Å². The van der Waals surface area contributed by atoms with Crippen molar-refractivity contribution in [2.45, 2.75) is 45.1 Å². The molecule has 2 amide bonds. The SMILES string of the molecule is O=C(NCCCCN1CCCC1)[C@H]1[C@H](C(=O)NCc2cc(F)c(Br)c(F)c2)[C@@H]2C=C[C@H]1C21CC1. The van der Waals surface area contributed by atoms with Crippen molar-refractivity contribution in [3.05, 3.63) is 46.0 Å². The number of carbonyl (C=O) groups is 2. The average Bonchev–Trinajstić information content (AvgIpc) is 3.17. The standard InChI is InChI=1S/C26H32BrF2N3O2/c27-23-19(28)13-16(14-20(23)29)15-31-25(34)22-18-6-5-17(26(18)7-8-26)21(22)24(33)30-9-1-2-10-32-11-3-4-12-32/h5-6,13-14,17-18,21-22H,1-4,7-12,15H2,(H,30,33)(H,31,34)/t17-,18+,21-,22-/m1/s1. The molecule has 4 atom stereocenters. The Hall–Kier alpha value is -1.80. The number of amides is 2. The average molecular weight is 536 g/mol. The highest BCUT2D eigenvalue weighted by molar-refractivity contribution is 9.10. The zero-order chi connectivity index (χ0) is 23.9. The lowest BCUT2D eigenvalue weighted by Gasteiger charge is -2.26. The second-order valence-corrected chi connectivity index (χ2v) is 11.2. The van der Waals surface area contributed by atoms with Crippen molar-refractivity contribution in [1.82, 2.24) is 15.5 Å². The molecule has 0 aromatic heterocycles. The van der Waals surface area contributed by atoms with Crippen molar-refractivity contribution < 1.29 is 18.4 Å². The fraction of sp³-hybridized carbons (Fsp3) is 0.615. The van der Waals surface area contributed by atoms with Gasteiger partial charge >= 0.3 is 0 Å². The molecule has 4 aliphatic rings. The van der Waals surface area contributed by atoms with Gasteiger partial charge in [-0.15, -0.1) is 0 Å². The highest BCUT2D eigenvalue weighted by atomic mass is 79.9. The number of unbranched alkanes of at least 4 members (excludes halogenated alkanes) is 1. The largest absolute Gasteiger partial charge is 0.356 e. The van der Waals surface area contributed by atoms with Gasteiger partial charge < -0.3 is 15.5 Å². The maximum atomic E-state index is 13.9. The summed E-state index contributed by atoms with van der Waals surface area (Å²) in [6.07, 6.45) is 10.9. The number of likely N-dealkylation sites (tertiary alicyclic amines) is 1. The van der Waals surface area contributed by atoms with Crippen LogP contribution in [0.5, 0.6) is 0 Å². The maximum absolute atomic E-state index is 13.9. The summed E-state index contributed by atoms with van der Waals surface area (Å²) < 4.78 is 27.5. The Morgan fingerprint density at radius 3 is 2.15 bits per heavy atom. The quantitative estimate of drug-likeness (QED) is 0.283. The molecule has 3 aliphatic carbocycles. The molecule has 1 aromatic carbocycles. The van der Waals surface area contributed by atoms with Crippen LogP contribution in [0.4, 0.5) is 8.78 Å². The predicted molar refractivity (Wildman–Crippen MR) is 129 cm³/mol. The first-order valence-electron chi connectivity index (χ1n) is 12.5. The Morgan fingerprint density at radius 1 is 0.971 bits per heavy atom. The van der Waals surface area contributed by atoms with E-state index in [-0.39, 0.29) is 46.0 Å². The molecule has 1 spiro atoms. The fourth-order valence-corrected chi connectivity index (χ4v) is 6.75. The normalized spacial score (nSPS) is 28.6. The van der Waals surface area contributed by atoms with E-state index in [9.17, 15) is 18.4 Å². The molecule has 3 fully saturated rings. The number of halogens is 3. The fourth-order valence-electron chi connectivity index (χ4n) is 6.52. The number of nitrogens with zero attached hydrogens (tertiary/aromatic N) is 1. The minimum Gasteiger partial charge on any atom is -0.356 e. The van der Waals surface area contributed by atoms with E-state index in [2.05, 4.69) is 43.6 Å². The zero-order valence-electron chi connectivity index (χ0n) is 19.3. The van der Waals surface area contributed by atoms with Gasteiger partial charge in [0.05, 0.1) is 16.3 Å². The summed E-state index contributed by atoms with van der Waals surface area (Å²) in [7, 11) is 0. The lowest BCUT2D eigenvalue weighted by Crippen LogP contribution is -2.44. The van der Waals surface area contributed by atoms with Crippen LogP contribution in [0.2, 0.25) is 0 Å². The van der Waals surface area contributed by atoms with Gasteiger partial charge in [0, 0.05) is 13.1 Å². The molecule has 1 heterocycles. The zero-order valence-corrected chi connectivity index (χ0v) is 20.9. The first-order chi connectivity index (χ1) is 16.4. The molecule has 184 valence electrons. The minimum atomic E-state index is -0.703. The number of nitrogens with one attached hydrogen (secondary N) is 2. The third-order valence-corrected chi connectivity index (χ3v) is 9.11. The molecule has 34 heavy (non-hydrogen) atoms. The molecule has 5 rings (SSSR count). The van der Waals surface area contributed by atoms with Crippen LogP contribution in [0.3, 0.4) is 0 Å². The van der Waals surface area contributed by atoms with Gasteiger partial charge in [0.25, 0.3) is 0 Å². The molecule has 0 radical (unpaired) electrons. The van der Waals surface area contributed by atoms with Crippen molar-refractivity contribution in [2.24, 2.45) is 29.1 Å². The monoisotopic (exact) mass is 535 g/mol. The molecule has 2 saturated carbocycles. The van der Waals surface area contributed by atoms with Crippen LogP contribution in [0, 0.1) is 40.7 Å². The lowest BCUT2D eigenvalue weighted by molar-refractivity contribution is -0.135. The van der Waals surface area contributed by atoms with E-state index in [0.29, 0.717) is 12.1 Å². The Bertz CT molecular complexity index is 967. The van der Waals surface area contributed by atoms with E-state index < -0.39 is 17.6 Å². The molecule has 2 bridgehead atoms. The van der Waals surface area contributed by atoms with Crippen molar-refractivity contribution in [1.29, 1.82) is 0 Å². The maximum Gasteiger partial charge on any atom is 0.224 e. The van der Waals surface area contributed by atoms with E-state index in [0.717, 1.165) is 32.2 Å². The van der Waals surface area contributed by atoms with Gasteiger partial charge in [-0.3, -0.25) is 9.59 Å². The van der Waals surface area contributed by atoms with Gasteiger partial charge in [-0.2, -0.15) is 0 Å². The predicted octanol–water partition coefficient (Wildman–Crippen LogP) is 4.16. The van der Waals surface area contributed by atoms with Crippen LogP contribution < -0.4 is 10.6 Å². The Morgan fingerprint density at radius 2 is 1.56 bits per heavy atom. The molecule has 1 aliphatic heterocycles. The van der Waals surface area contributed by atoms with Crippen LogP contribution in [0.15, 0.2) is 28.8 Å². The van der Waals surface area contributed by atoms with Crippen molar-refractivity contribution in [3.63, 3.8) is 0 Å². The van der Waals surface area contributed by atoms with Gasteiger partial charge in [-0.25, -0.2) is 8.78 Å². The minimum absolute atomic E-state index is 0.0232. The van der Waals surface area contributed by atoms with Crippen molar-refractivity contribution in [3.8, 4) is 0 Å². The van der Waals surface area contributed by atoms with Crippen molar-refractivity contribution >= 4 is 27.7 Å². The molecule has 8 heteroatoms. The van der Waals surface area contributed by atoms with E-state index >= 15 is 0 Å². The van der Waals surface area contributed by atoms with E-state index in [1.54, 1.807) is 0 Å². The number of hydrogen-bond donors (Lipinski definition) is 2. The van der Waals surface area contributed by atoms with Crippen LogP contribution >= 0.6 is 15.9 Å². The number of hydrogen-bond acceptors (Lipinski definition) is 3. The number of benzene rings is 1. The first-order valence-corrected chi connectivity index (χ1v) is 13.3. The molecule has 5 nitrogen and oxygen atoms in total. The summed E-state index contributed by atoms with van der Waals surface area (Å²) >= 11 is 2.87. The summed E-state index contributed by atoms with van der Waals surface area (Å²) in [5, 5.41) is 5.96. The molecule has 1 saturated heterocycles. The van der Waals surface area contributed by atoms with E-state index in [4.69, 9.17) is 0 Å². The Labute approximate surface area is 207 Å². The molecule has 1 aromatic rings. The number of allylic oxidation sites excluding steroid dienone is 2. The van der Waals surface area contributed by atoms with Gasteiger partial charge in [0.1, 0.15) is 11.6 Å². The van der Waals surface area contributed by atoms with Crippen LogP contribution in [-0.2, 0) is 16.1 Å². The van der Waals surface area contributed by atoms with E-state index in [1.807, 2.05) is 0 Å². The van der Waals surface area contributed by atoms with Gasteiger partial charge in [0.2, 0.25) is 11.8 Å². The summed E-state index contributed by atoms with van der Waals surface area (Å²) in [6, 6.07) is 2.42. The summed E-state index contributed by atoms with van der Waals surface area (Å²) in [5.41, 5.74) is 0.403. The Balaban J connectivity index is 1.19. The topological polar surface area (TPSA) is 61.4 Å². The van der Waals surface area contributed by atoms with Gasteiger partial charge in [0.15, 0.2) is 0 Å². The second-order valence-electron chi connectivity index (χ2n) is 10.4. The van der Waals surface area contributed by atoms with Crippen molar-refractivity contribution in [2.75, 3.05) is 26.2 Å². The second kappa shape index (κ2) is 9.69. The van der Waals surface area contributed by atoms with Crippen LogP contribution in [0.25, 0.3) is 0 Å². The van der Waals surface area contributed by atoms with Gasteiger partial charge in [-0.05, 0) is 109 Å². The highest BCUT2D eigenvalue weighted by Gasteiger charge is 2.69. The van der Waals surface area contributed by atoms with Crippen LogP contribution in [0.1, 0.15) is 44.1 Å². The summed E-state index contributed by atoms with van der Waals surface area (Å²) in [6.45, 7) is 4.10. The number of carbonyl (C=O) groups excluding carboxylic acids is 2. The summed E-state index contributed by atoms with van der Waals surface area (Å²) in [4.78, 5) is 29.0. The third-order valence-electron chi connectivity index (χ3n) is 8.36. The molecular formula is C26H32BrF2N3O2. The molecular weight excluding hydrogens is 504 g/mol. The lowest BCUT2D eigenvalue weighted by atomic mass is 9.81. The smallest absolute Gasteiger partial charge is 0.224 e. The first kappa shape index (κ1) is 23.9. The number of rotatable bonds is 9. The van der Waals surface area contributed by atoms with Gasteiger partial charge in [-0.1, -0.05) is 12.2 Å². The third kappa shape index (κ3) is 4.43. The Kier molecular flexibility index (Phi) is 6.81. The molecule has 0 unspecified atom stereocenters.